The Hall–Kier alpha value is -1.06. The summed E-state index contributed by atoms with van der Waals surface area (Å²) in [4.78, 5) is 0. The lowest BCUT2D eigenvalue weighted by Gasteiger charge is -2.03. The average Bonchev–Trinajstić information content (AvgIpc) is 2.09. The van der Waals surface area contributed by atoms with Gasteiger partial charge in [-0.3, -0.25) is 0 Å². The molecule has 0 aromatic heterocycles. The maximum absolute atomic E-state index is 5.35. The van der Waals surface area contributed by atoms with Gasteiger partial charge in [0.25, 0.3) is 0 Å². The zero-order valence-electron chi connectivity index (χ0n) is 7.25. The topological polar surface area (TPSA) is 46.1 Å². The highest BCUT2D eigenvalue weighted by molar-refractivity contribution is 5.34. The van der Waals surface area contributed by atoms with E-state index in [1.807, 2.05) is 24.3 Å². The van der Waals surface area contributed by atoms with E-state index in [-0.39, 0.29) is 0 Å². The van der Waals surface area contributed by atoms with Crippen LogP contribution in [0.15, 0.2) is 24.3 Å². The zero-order chi connectivity index (χ0) is 8.81. The van der Waals surface area contributed by atoms with Gasteiger partial charge in [-0.25, -0.2) is 0 Å². The van der Waals surface area contributed by atoms with Crippen LogP contribution < -0.4 is 10.5 Å². The summed E-state index contributed by atoms with van der Waals surface area (Å²) < 4.78 is 10.2. The van der Waals surface area contributed by atoms with Gasteiger partial charge in [0.05, 0.1) is 6.61 Å². The molecule has 1 rings (SSSR count). The van der Waals surface area contributed by atoms with Gasteiger partial charge in [-0.05, 0) is 12.1 Å². The normalized spacial score (nSPS) is 9.83. The third kappa shape index (κ3) is 2.90. The third-order valence-electron chi connectivity index (χ3n) is 1.48. The Morgan fingerprint density at radius 2 is 1.83 bits per heavy atom. The number of quaternary nitrogens is 1. The second kappa shape index (κ2) is 4.74. The number of rotatable bonds is 4. The van der Waals surface area contributed by atoms with Gasteiger partial charge in [-0.2, -0.15) is 0 Å². The van der Waals surface area contributed by atoms with Crippen molar-refractivity contribution in [2.24, 2.45) is 0 Å². The molecular formula is C9H14NO2+. The quantitative estimate of drug-likeness (QED) is 0.669. The third-order valence-corrected chi connectivity index (χ3v) is 1.48. The molecule has 0 unspecified atom stereocenters. The van der Waals surface area contributed by atoms with Crippen LogP contribution in [0.2, 0.25) is 0 Å². The van der Waals surface area contributed by atoms with E-state index in [1.54, 1.807) is 7.11 Å². The number of hydrogen-bond acceptors (Lipinski definition) is 2. The molecule has 0 aliphatic rings. The van der Waals surface area contributed by atoms with E-state index in [0.29, 0.717) is 13.2 Å². The minimum atomic E-state index is 0.590. The molecule has 1 aromatic rings. The van der Waals surface area contributed by atoms with Crippen LogP contribution in [0.25, 0.3) is 0 Å². The number of methoxy groups -OCH3 is 1. The molecule has 0 amide bonds. The van der Waals surface area contributed by atoms with Crippen LogP contribution in [0.5, 0.6) is 5.75 Å². The number of hydrogen-bond donors (Lipinski definition) is 1. The minimum Gasteiger partial charge on any atom is -0.491 e. The van der Waals surface area contributed by atoms with Crippen LogP contribution in [-0.2, 0) is 4.74 Å². The molecule has 3 heteroatoms. The van der Waals surface area contributed by atoms with Crippen molar-refractivity contribution >= 4 is 5.69 Å². The summed E-state index contributed by atoms with van der Waals surface area (Å²) in [5.41, 5.74) is 4.77. The lowest BCUT2D eigenvalue weighted by atomic mass is 10.3. The van der Waals surface area contributed by atoms with Crippen LogP contribution in [0.1, 0.15) is 0 Å². The van der Waals surface area contributed by atoms with Gasteiger partial charge in [-0.1, -0.05) is 0 Å². The van der Waals surface area contributed by atoms with E-state index in [4.69, 9.17) is 9.47 Å². The van der Waals surface area contributed by atoms with Crippen LogP contribution in [0.3, 0.4) is 0 Å². The minimum absolute atomic E-state index is 0.590. The SMILES string of the molecule is COCCOc1ccc([NH3+])cc1. The molecular weight excluding hydrogens is 154 g/mol. The van der Waals surface area contributed by atoms with E-state index in [9.17, 15) is 0 Å². The Labute approximate surface area is 72.1 Å². The fourth-order valence-electron chi connectivity index (χ4n) is 0.829. The highest BCUT2D eigenvalue weighted by atomic mass is 16.5. The van der Waals surface area contributed by atoms with Gasteiger partial charge in [0.15, 0.2) is 0 Å². The van der Waals surface area contributed by atoms with Gasteiger partial charge < -0.3 is 15.2 Å². The van der Waals surface area contributed by atoms with Crippen molar-refractivity contribution in [2.75, 3.05) is 20.3 Å². The molecule has 0 fully saturated rings. The first-order valence-electron chi connectivity index (χ1n) is 3.86. The van der Waals surface area contributed by atoms with E-state index < -0.39 is 0 Å². The molecule has 0 atom stereocenters. The molecule has 0 aliphatic carbocycles. The Morgan fingerprint density at radius 3 is 2.42 bits per heavy atom. The average molecular weight is 168 g/mol. The molecule has 0 spiro atoms. The summed E-state index contributed by atoms with van der Waals surface area (Å²) in [7, 11) is 1.66. The maximum atomic E-state index is 5.35. The van der Waals surface area contributed by atoms with Crippen LogP contribution in [0, 0.1) is 0 Å². The van der Waals surface area contributed by atoms with Crippen LogP contribution in [0.4, 0.5) is 5.69 Å². The molecule has 3 nitrogen and oxygen atoms in total. The second-order valence-electron chi connectivity index (χ2n) is 2.49. The summed E-state index contributed by atoms with van der Waals surface area (Å²) in [6, 6.07) is 7.64. The van der Waals surface area contributed by atoms with Crippen molar-refractivity contribution in [3.8, 4) is 5.75 Å². The predicted octanol–water partition coefficient (Wildman–Crippen LogP) is 0.585. The largest absolute Gasteiger partial charge is 0.491 e. The van der Waals surface area contributed by atoms with Gasteiger partial charge in [0.1, 0.15) is 18.0 Å². The van der Waals surface area contributed by atoms with E-state index >= 15 is 0 Å². The highest BCUT2D eigenvalue weighted by Gasteiger charge is 1.93. The molecule has 1 aromatic carbocycles. The summed E-state index contributed by atoms with van der Waals surface area (Å²) in [6.45, 7) is 1.21. The summed E-state index contributed by atoms with van der Waals surface area (Å²) in [5, 5.41) is 0. The molecule has 0 bridgehead atoms. The molecule has 3 N–H and O–H groups in total. The molecule has 0 saturated carbocycles. The fourth-order valence-corrected chi connectivity index (χ4v) is 0.829. The Balaban J connectivity index is 2.37. The van der Waals surface area contributed by atoms with Gasteiger partial charge in [0.2, 0.25) is 0 Å². The smallest absolute Gasteiger partial charge is 0.128 e. The van der Waals surface area contributed by atoms with Crippen molar-refractivity contribution in [3.63, 3.8) is 0 Å². The van der Waals surface area contributed by atoms with E-state index in [2.05, 4.69) is 5.73 Å². The maximum Gasteiger partial charge on any atom is 0.128 e. The summed E-state index contributed by atoms with van der Waals surface area (Å²) >= 11 is 0. The van der Waals surface area contributed by atoms with Gasteiger partial charge in [-0.15, -0.1) is 0 Å². The molecule has 0 saturated heterocycles. The van der Waals surface area contributed by atoms with Crippen molar-refractivity contribution in [1.82, 2.24) is 0 Å². The summed E-state index contributed by atoms with van der Waals surface area (Å²) in [5.74, 6) is 0.861. The lowest BCUT2D eigenvalue weighted by molar-refractivity contribution is -0.254. The van der Waals surface area contributed by atoms with Crippen molar-refractivity contribution < 1.29 is 15.2 Å². The number of ether oxygens (including phenoxy) is 2. The Morgan fingerprint density at radius 1 is 1.17 bits per heavy atom. The lowest BCUT2D eigenvalue weighted by Crippen LogP contribution is -2.39. The van der Waals surface area contributed by atoms with Crippen molar-refractivity contribution in [1.29, 1.82) is 0 Å². The van der Waals surface area contributed by atoms with E-state index in [1.165, 1.54) is 0 Å². The predicted molar refractivity (Wildman–Crippen MR) is 46.4 cm³/mol. The Bertz CT molecular complexity index is 220. The first-order valence-corrected chi connectivity index (χ1v) is 3.86. The van der Waals surface area contributed by atoms with Crippen molar-refractivity contribution in [3.05, 3.63) is 24.3 Å². The molecule has 0 heterocycles. The monoisotopic (exact) mass is 168 g/mol. The molecule has 0 radical (unpaired) electrons. The van der Waals surface area contributed by atoms with E-state index in [0.717, 1.165) is 11.4 Å². The molecule has 66 valence electrons. The van der Waals surface area contributed by atoms with Crippen molar-refractivity contribution in [2.45, 2.75) is 0 Å². The number of benzene rings is 1. The van der Waals surface area contributed by atoms with Gasteiger partial charge in [0, 0.05) is 19.2 Å². The first kappa shape index (κ1) is 9.03. The first-order chi connectivity index (χ1) is 5.83. The zero-order valence-corrected chi connectivity index (χ0v) is 7.25. The highest BCUT2D eigenvalue weighted by Crippen LogP contribution is 2.11. The summed E-state index contributed by atoms with van der Waals surface area (Å²) in [6.07, 6.45) is 0. The molecule has 12 heavy (non-hydrogen) atoms. The fraction of sp³-hybridized carbons (Fsp3) is 0.333. The Kier molecular flexibility index (Phi) is 3.57. The van der Waals surface area contributed by atoms with Crippen LogP contribution in [-0.4, -0.2) is 20.3 Å². The molecule has 0 aliphatic heterocycles. The standard InChI is InChI=1S/C9H13NO2/c1-11-6-7-12-9-4-2-8(10)3-5-9/h2-5H,6-7,10H2,1H3/p+1. The van der Waals surface area contributed by atoms with Crippen LogP contribution >= 0.6 is 0 Å². The second-order valence-corrected chi connectivity index (χ2v) is 2.49. The van der Waals surface area contributed by atoms with Gasteiger partial charge >= 0.3 is 0 Å².